The highest BCUT2D eigenvalue weighted by molar-refractivity contribution is 7.09. The third-order valence-corrected chi connectivity index (χ3v) is 3.69. The van der Waals surface area contributed by atoms with Crippen LogP contribution in [0.5, 0.6) is 5.75 Å². The molecule has 1 aromatic heterocycles. The van der Waals surface area contributed by atoms with Crippen LogP contribution in [0.3, 0.4) is 0 Å². The summed E-state index contributed by atoms with van der Waals surface area (Å²) in [4.78, 5) is 5.28. The third kappa shape index (κ3) is 3.55. The van der Waals surface area contributed by atoms with Gasteiger partial charge in [0.2, 0.25) is 0 Å². The average Bonchev–Trinajstić information content (AvgIpc) is 2.91. The van der Waals surface area contributed by atoms with E-state index in [0.29, 0.717) is 0 Å². The summed E-state index contributed by atoms with van der Waals surface area (Å²) in [7, 11) is 1.67. The number of ether oxygens (including phenoxy) is 1. The lowest BCUT2D eigenvalue weighted by atomic mass is 9.96. The molecule has 1 heterocycles. The van der Waals surface area contributed by atoms with Crippen molar-refractivity contribution in [1.82, 2.24) is 4.98 Å². The quantitative estimate of drug-likeness (QED) is 0.871. The number of aliphatic hydroxyl groups excluding tert-OH is 1. The number of thiazole rings is 1. The molecule has 3 nitrogen and oxygen atoms in total. The lowest BCUT2D eigenvalue weighted by molar-refractivity contribution is 0.225. The molecule has 0 radical (unpaired) electrons. The Kier molecular flexibility index (Phi) is 4.73. The zero-order valence-corrected chi connectivity index (χ0v) is 11.2. The average molecular weight is 263 g/mol. The van der Waals surface area contributed by atoms with Crippen LogP contribution in [0.15, 0.2) is 36.0 Å². The lowest BCUT2D eigenvalue weighted by Crippen LogP contribution is -2.12. The van der Waals surface area contributed by atoms with Crippen LogP contribution in [-0.4, -0.2) is 23.8 Å². The zero-order chi connectivity index (χ0) is 12.8. The molecule has 0 saturated carbocycles. The van der Waals surface area contributed by atoms with Crippen molar-refractivity contribution in [2.45, 2.75) is 12.8 Å². The first-order valence-corrected chi connectivity index (χ1v) is 6.81. The molecule has 0 amide bonds. The summed E-state index contributed by atoms with van der Waals surface area (Å²) < 4.78 is 5.21. The van der Waals surface area contributed by atoms with Gasteiger partial charge in [-0.2, -0.15) is 0 Å². The number of nitrogens with zero attached hydrogens (tertiary/aromatic N) is 1. The van der Waals surface area contributed by atoms with Crippen LogP contribution >= 0.6 is 11.3 Å². The molecule has 1 aromatic carbocycles. The van der Waals surface area contributed by atoms with Crippen LogP contribution < -0.4 is 4.74 Å². The number of methoxy groups -OCH3 is 1. The molecule has 0 bridgehead atoms. The molecule has 96 valence electrons. The minimum absolute atomic E-state index is 0.190. The molecule has 4 heteroatoms. The molecule has 0 saturated heterocycles. The largest absolute Gasteiger partial charge is 0.497 e. The van der Waals surface area contributed by atoms with Gasteiger partial charge in [-0.1, -0.05) is 12.1 Å². The van der Waals surface area contributed by atoms with Gasteiger partial charge in [-0.15, -0.1) is 11.3 Å². The van der Waals surface area contributed by atoms with E-state index in [4.69, 9.17) is 4.74 Å². The molecule has 1 atom stereocenters. The van der Waals surface area contributed by atoms with Gasteiger partial charge in [0.25, 0.3) is 0 Å². The second kappa shape index (κ2) is 6.52. The van der Waals surface area contributed by atoms with Crippen molar-refractivity contribution in [3.05, 3.63) is 46.4 Å². The molecule has 18 heavy (non-hydrogen) atoms. The van der Waals surface area contributed by atoms with E-state index in [2.05, 4.69) is 11.1 Å². The monoisotopic (exact) mass is 263 g/mol. The Morgan fingerprint density at radius 1 is 1.39 bits per heavy atom. The molecule has 1 unspecified atom stereocenters. The van der Waals surface area contributed by atoms with Crippen LogP contribution in [0.25, 0.3) is 0 Å². The third-order valence-electron chi connectivity index (χ3n) is 2.89. The molecular formula is C14H17NO2S. The number of rotatable bonds is 6. The Morgan fingerprint density at radius 3 is 2.94 bits per heavy atom. The van der Waals surface area contributed by atoms with Crippen LogP contribution in [0.1, 0.15) is 10.4 Å². The van der Waals surface area contributed by atoms with Crippen molar-refractivity contribution in [2.24, 2.45) is 5.92 Å². The van der Waals surface area contributed by atoms with E-state index in [1.54, 1.807) is 18.4 Å². The van der Waals surface area contributed by atoms with E-state index < -0.39 is 0 Å². The van der Waals surface area contributed by atoms with Crippen molar-refractivity contribution >= 4 is 11.3 Å². The highest BCUT2D eigenvalue weighted by atomic mass is 32.1. The Morgan fingerprint density at radius 2 is 2.28 bits per heavy atom. The van der Waals surface area contributed by atoms with Crippen LogP contribution in [0.2, 0.25) is 0 Å². The molecule has 2 aromatic rings. The van der Waals surface area contributed by atoms with Crippen LogP contribution in [0, 0.1) is 5.92 Å². The SMILES string of the molecule is COc1cccc(CC(CO)Cc2cncs2)c1. The van der Waals surface area contributed by atoms with E-state index >= 15 is 0 Å². The van der Waals surface area contributed by atoms with Gasteiger partial charge in [-0.25, -0.2) is 0 Å². The molecule has 0 aliphatic carbocycles. The van der Waals surface area contributed by atoms with E-state index in [1.165, 1.54) is 10.4 Å². The summed E-state index contributed by atoms with van der Waals surface area (Å²) in [6.07, 6.45) is 3.60. The lowest BCUT2D eigenvalue weighted by Gasteiger charge is -2.13. The summed E-state index contributed by atoms with van der Waals surface area (Å²) >= 11 is 1.64. The minimum atomic E-state index is 0.190. The molecule has 1 N–H and O–H groups in total. The van der Waals surface area contributed by atoms with E-state index in [0.717, 1.165) is 18.6 Å². The maximum atomic E-state index is 9.47. The standard InChI is InChI=1S/C14H17NO2S/c1-17-13-4-2-3-11(6-13)5-12(9-16)7-14-8-15-10-18-14/h2-4,6,8,10,12,16H,5,7,9H2,1H3. The number of aliphatic hydroxyl groups is 1. The predicted octanol–water partition coefficient (Wildman–Crippen LogP) is 2.55. The first kappa shape index (κ1) is 13.1. The summed E-state index contributed by atoms with van der Waals surface area (Å²) in [5, 5.41) is 9.47. The smallest absolute Gasteiger partial charge is 0.119 e. The number of hydrogen-bond donors (Lipinski definition) is 1. The first-order valence-electron chi connectivity index (χ1n) is 5.93. The number of benzene rings is 1. The number of hydrogen-bond acceptors (Lipinski definition) is 4. The molecule has 0 spiro atoms. The molecule has 0 aliphatic heterocycles. The fourth-order valence-corrected chi connectivity index (χ4v) is 2.67. The summed E-state index contributed by atoms with van der Waals surface area (Å²) in [6.45, 7) is 0.190. The van der Waals surface area contributed by atoms with Gasteiger partial charge in [0.1, 0.15) is 5.75 Å². The zero-order valence-electron chi connectivity index (χ0n) is 10.4. The maximum absolute atomic E-state index is 9.47. The van der Waals surface area contributed by atoms with Gasteiger partial charge < -0.3 is 9.84 Å². The fourth-order valence-electron chi connectivity index (χ4n) is 1.96. The van der Waals surface area contributed by atoms with Crippen molar-refractivity contribution in [2.75, 3.05) is 13.7 Å². The van der Waals surface area contributed by atoms with Crippen molar-refractivity contribution in [1.29, 1.82) is 0 Å². The second-order valence-corrected chi connectivity index (χ2v) is 5.25. The summed E-state index contributed by atoms with van der Waals surface area (Å²) in [5.41, 5.74) is 3.02. The van der Waals surface area contributed by atoms with Gasteiger partial charge in [-0.05, 0) is 36.5 Å². The van der Waals surface area contributed by atoms with Gasteiger partial charge in [0.05, 0.1) is 12.6 Å². The van der Waals surface area contributed by atoms with Crippen molar-refractivity contribution in [3.63, 3.8) is 0 Å². The Balaban J connectivity index is 2.00. The van der Waals surface area contributed by atoms with Gasteiger partial charge >= 0.3 is 0 Å². The van der Waals surface area contributed by atoms with E-state index in [9.17, 15) is 5.11 Å². The topological polar surface area (TPSA) is 42.4 Å². The van der Waals surface area contributed by atoms with Crippen LogP contribution in [-0.2, 0) is 12.8 Å². The fraction of sp³-hybridized carbons (Fsp3) is 0.357. The Hall–Kier alpha value is -1.39. The second-order valence-electron chi connectivity index (χ2n) is 4.28. The Bertz CT molecular complexity index is 470. The molecule has 0 fully saturated rings. The predicted molar refractivity (Wildman–Crippen MR) is 73.1 cm³/mol. The van der Waals surface area contributed by atoms with Gasteiger partial charge in [0, 0.05) is 17.7 Å². The summed E-state index contributed by atoms with van der Waals surface area (Å²) in [5.74, 6) is 1.10. The molecular weight excluding hydrogens is 246 g/mol. The van der Waals surface area contributed by atoms with Gasteiger partial charge in [-0.3, -0.25) is 4.98 Å². The van der Waals surface area contributed by atoms with E-state index in [-0.39, 0.29) is 12.5 Å². The summed E-state index contributed by atoms with van der Waals surface area (Å²) in [6, 6.07) is 8.00. The maximum Gasteiger partial charge on any atom is 0.119 e. The van der Waals surface area contributed by atoms with Gasteiger partial charge in [0.15, 0.2) is 0 Å². The minimum Gasteiger partial charge on any atom is -0.497 e. The highest BCUT2D eigenvalue weighted by Gasteiger charge is 2.11. The highest BCUT2D eigenvalue weighted by Crippen LogP contribution is 2.19. The van der Waals surface area contributed by atoms with Crippen molar-refractivity contribution < 1.29 is 9.84 Å². The molecule has 2 rings (SSSR count). The van der Waals surface area contributed by atoms with Crippen LogP contribution in [0.4, 0.5) is 0 Å². The first-order chi connectivity index (χ1) is 8.81. The normalized spacial score (nSPS) is 12.3. The van der Waals surface area contributed by atoms with E-state index in [1.807, 2.05) is 29.9 Å². The van der Waals surface area contributed by atoms with Crippen molar-refractivity contribution in [3.8, 4) is 5.75 Å². The molecule has 0 aliphatic rings. The Labute approximate surface area is 111 Å². The number of aromatic nitrogens is 1.